The van der Waals surface area contributed by atoms with Gasteiger partial charge < -0.3 is 4.84 Å². The molecule has 0 N–H and O–H groups in total. The van der Waals surface area contributed by atoms with Gasteiger partial charge >= 0.3 is 0 Å². The van der Waals surface area contributed by atoms with Gasteiger partial charge in [0.1, 0.15) is 6.61 Å². The fraction of sp³-hybridized carbons (Fsp3) is 0.125. The summed E-state index contributed by atoms with van der Waals surface area (Å²) < 4.78 is 1.06. The van der Waals surface area contributed by atoms with E-state index in [4.69, 9.17) is 4.84 Å². The van der Waals surface area contributed by atoms with Crippen LogP contribution < -0.4 is 0 Å². The molecular formula is C8H8BrNO. The molecule has 0 radical (unpaired) electrons. The van der Waals surface area contributed by atoms with Gasteiger partial charge in [0.2, 0.25) is 0 Å². The average molecular weight is 214 g/mol. The predicted molar refractivity (Wildman–Crippen MR) is 48.5 cm³/mol. The minimum Gasteiger partial charge on any atom is -0.391 e. The first-order chi connectivity index (χ1) is 5.33. The van der Waals surface area contributed by atoms with Crippen LogP contribution in [0.3, 0.4) is 0 Å². The Morgan fingerprint density at radius 1 is 1.36 bits per heavy atom. The molecule has 0 saturated carbocycles. The summed E-state index contributed by atoms with van der Waals surface area (Å²) in [4.78, 5) is 4.76. The molecule has 0 heterocycles. The zero-order chi connectivity index (χ0) is 8.10. The number of nitrogens with zero attached hydrogens (tertiary/aromatic N) is 1. The van der Waals surface area contributed by atoms with Crippen molar-refractivity contribution in [2.75, 3.05) is 0 Å². The Balaban J connectivity index is 2.58. The lowest BCUT2D eigenvalue weighted by molar-refractivity contribution is 0.133. The Morgan fingerprint density at radius 3 is 2.55 bits per heavy atom. The SMILES string of the molecule is C=NOCc1ccc(Br)cc1. The van der Waals surface area contributed by atoms with Crippen LogP contribution in [0.5, 0.6) is 0 Å². The van der Waals surface area contributed by atoms with E-state index in [9.17, 15) is 0 Å². The smallest absolute Gasteiger partial charge is 0.142 e. The summed E-state index contributed by atoms with van der Waals surface area (Å²) in [6, 6.07) is 7.86. The highest BCUT2D eigenvalue weighted by Crippen LogP contribution is 2.10. The van der Waals surface area contributed by atoms with E-state index in [1.165, 1.54) is 0 Å². The topological polar surface area (TPSA) is 21.6 Å². The monoisotopic (exact) mass is 213 g/mol. The largest absolute Gasteiger partial charge is 0.391 e. The molecule has 0 bridgehead atoms. The molecule has 1 rings (SSSR count). The van der Waals surface area contributed by atoms with Gasteiger partial charge in [-0.2, -0.15) is 0 Å². The number of halogens is 1. The second kappa shape index (κ2) is 4.13. The van der Waals surface area contributed by atoms with Gasteiger partial charge in [0.15, 0.2) is 0 Å². The first-order valence-corrected chi connectivity index (χ1v) is 3.94. The van der Waals surface area contributed by atoms with Gasteiger partial charge in [0, 0.05) is 11.2 Å². The van der Waals surface area contributed by atoms with Crippen LogP contribution in [0.25, 0.3) is 0 Å². The van der Waals surface area contributed by atoms with E-state index in [-0.39, 0.29) is 0 Å². The van der Waals surface area contributed by atoms with E-state index < -0.39 is 0 Å². The van der Waals surface area contributed by atoms with Crippen LogP contribution in [0.4, 0.5) is 0 Å². The Kier molecular flexibility index (Phi) is 3.11. The molecular weight excluding hydrogens is 206 g/mol. The number of hydrogen-bond donors (Lipinski definition) is 0. The quantitative estimate of drug-likeness (QED) is 0.559. The molecule has 0 aliphatic heterocycles. The van der Waals surface area contributed by atoms with Gasteiger partial charge in [-0.25, -0.2) is 0 Å². The molecule has 1 aromatic rings. The zero-order valence-corrected chi connectivity index (χ0v) is 7.54. The van der Waals surface area contributed by atoms with Crippen LogP contribution in [-0.4, -0.2) is 6.72 Å². The van der Waals surface area contributed by atoms with Crippen LogP contribution in [0.1, 0.15) is 5.56 Å². The molecule has 11 heavy (non-hydrogen) atoms. The Hall–Kier alpha value is -0.830. The summed E-state index contributed by atoms with van der Waals surface area (Å²) in [6.07, 6.45) is 0. The van der Waals surface area contributed by atoms with Crippen LogP contribution in [-0.2, 0) is 11.4 Å². The van der Waals surface area contributed by atoms with Crippen molar-refractivity contribution in [1.29, 1.82) is 0 Å². The molecule has 2 nitrogen and oxygen atoms in total. The molecule has 0 aliphatic rings. The van der Waals surface area contributed by atoms with Gasteiger partial charge in [0.25, 0.3) is 0 Å². The van der Waals surface area contributed by atoms with E-state index in [2.05, 4.69) is 27.8 Å². The van der Waals surface area contributed by atoms with E-state index in [1.807, 2.05) is 24.3 Å². The zero-order valence-electron chi connectivity index (χ0n) is 5.96. The molecule has 0 atom stereocenters. The fourth-order valence-corrected chi connectivity index (χ4v) is 0.965. The van der Waals surface area contributed by atoms with Gasteiger partial charge in [-0.1, -0.05) is 28.1 Å². The maximum atomic E-state index is 4.76. The van der Waals surface area contributed by atoms with Crippen molar-refractivity contribution in [3.63, 3.8) is 0 Å². The minimum atomic E-state index is 0.483. The summed E-state index contributed by atoms with van der Waals surface area (Å²) in [5, 5.41) is 3.29. The summed E-state index contributed by atoms with van der Waals surface area (Å²) in [6.45, 7) is 3.69. The molecule has 0 aliphatic carbocycles. The Morgan fingerprint density at radius 2 is 2.00 bits per heavy atom. The summed E-state index contributed by atoms with van der Waals surface area (Å²) in [5.41, 5.74) is 1.08. The van der Waals surface area contributed by atoms with Crippen LogP contribution in [0.2, 0.25) is 0 Å². The van der Waals surface area contributed by atoms with Crippen molar-refractivity contribution in [3.05, 3.63) is 34.3 Å². The average Bonchev–Trinajstić information content (AvgIpc) is 2.04. The molecule has 0 amide bonds. The van der Waals surface area contributed by atoms with E-state index >= 15 is 0 Å². The molecule has 0 saturated heterocycles. The summed E-state index contributed by atoms with van der Waals surface area (Å²) in [7, 11) is 0. The highest BCUT2D eigenvalue weighted by Gasteiger charge is 1.90. The van der Waals surface area contributed by atoms with Crippen molar-refractivity contribution in [2.45, 2.75) is 6.61 Å². The molecule has 1 aromatic carbocycles. The number of benzene rings is 1. The second-order valence-corrected chi connectivity index (χ2v) is 2.94. The predicted octanol–water partition coefficient (Wildman–Crippen LogP) is 2.58. The van der Waals surface area contributed by atoms with Crippen molar-refractivity contribution in [3.8, 4) is 0 Å². The minimum absolute atomic E-state index is 0.483. The lowest BCUT2D eigenvalue weighted by Gasteiger charge is -1.98. The third-order valence-electron chi connectivity index (χ3n) is 1.24. The van der Waals surface area contributed by atoms with Crippen molar-refractivity contribution < 1.29 is 4.84 Å². The lowest BCUT2D eigenvalue weighted by atomic mass is 10.2. The molecule has 0 spiro atoms. The van der Waals surface area contributed by atoms with Crippen molar-refractivity contribution >= 4 is 22.6 Å². The van der Waals surface area contributed by atoms with E-state index in [1.54, 1.807) is 0 Å². The number of rotatable bonds is 3. The van der Waals surface area contributed by atoms with Crippen molar-refractivity contribution in [1.82, 2.24) is 0 Å². The van der Waals surface area contributed by atoms with Gasteiger partial charge in [-0.15, -0.1) is 5.16 Å². The van der Waals surface area contributed by atoms with Crippen LogP contribution >= 0.6 is 15.9 Å². The highest BCUT2D eigenvalue weighted by atomic mass is 79.9. The number of hydrogen-bond acceptors (Lipinski definition) is 2. The Bertz CT molecular complexity index is 232. The lowest BCUT2D eigenvalue weighted by Crippen LogP contribution is -1.84. The van der Waals surface area contributed by atoms with Gasteiger partial charge in [-0.3, -0.25) is 0 Å². The number of oxime groups is 1. The summed E-state index contributed by atoms with van der Waals surface area (Å²) in [5.74, 6) is 0. The normalized spacial score (nSPS) is 9.18. The molecule has 58 valence electrons. The second-order valence-electron chi connectivity index (χ2n) is 2.03. The molecule has 3 heteroatoms. The fourth-order valence-electron chi connectivity index (χ4n) is 0.701. The van der Waals surface area contributed by atoms with E-state index in [0.29, 0.717) is 6.61 Å². The van der Waals surface area contributed by atoms with Gasteiger partial charge in [0.05, 0.1) is 0 Å². The Labute approximate surface area is 74.0 Å². The standard InChI is InChI=1S/C8H8BrNO/c1-10-11-6-7-2-4-8(9)5-3-7/h2-5H,1,6H2. The molecule has 0 aromatic heterocycles. The van der Waals surface area contributed by atoms with Crippen molar-refractivity contribution in [2.24, 2.45) is 5.16 Å². The molecule has 0 unspecified atom stereocenters. The highest BCUT2D eigenvalue weighted by molar-refractivity contribution is 9.10. The van der Waals surface area contributed by atoms with Gasteiger partial charge in [-0.05, 0) is 17.7 Å². The first kappa shape index (κ1) is 8.27. The van der Waals surface area contributed by atoms with Crippen LogP contribution in [0, 0.1) is 0 Å². The van der Waals surface area contributed by atoms with Crippen LogP contribution in [0.15, 0.2) is 33.9 Å². The maximum Gasteiger partial charge on any atom is 0.142 e. The summed E-state index contributed by atoms with van der Waals surface area (Å²) >= 11 is 3.34. The third-order valence-corrected chi connectivity index (χ3v) is 1.76. The van der Waals surface area contributed by atoms with E-state index in [0.717, 1.165) is 10.0 Å². The maximum absolute atomic E-state index is 4.76. The third kappa shape index (κ3) is 2.72. The first-order valence-electron chi connectivity index (χ1n) is 3.15. The molecule has 0 fully saturated rings.